The summed E-state index contributed by atoms with van der Waals surface area (Å²) in [5, 5.41) is 7.32. The summed E-state index contributed by atoms with van der Waals surface area (Å²) < 4.78 is 24.7. The molecule has 1 saturated heterocycles. The van der Waals surface area contributed by atoms with Crippen molar-refractivity contribution in [2.24, 2.45) is 5.73 Å². The molecule has 21 heavy (non-hydrogen) atoms. The number of nitrogens with zero attached hydrogens (tertiary/aromatic N) is 1. The van der Waals surface area contributed by atoms with Crippen LogP contribution in [-0.4, -0.2) is 55.5 Å². The number of nitrogen functional groups attached to an aromatic ring is 1. The van der Waals surface area contributed by atoms with Crippen LogP contribution in [0.3, 0.4) is 0 Å². The lowest BCUT2D eigenvalue weighted by molar-refractivity contribution is 0.246. The van der Waals surface area contributed by atoms with E-state index in [1.54, 1.807) is 12.1 Å². The lowest BCUT2D eigenvalue weighted by Crippen LogP contribution is -2.42. The average molecular weight is 327 g/mol. The Balaban J connectivity index is 2.02. The Labute approximate surface area is 130 Å². The number of nitrogens with two attached hydrogens (primary N) is 1. The quantitative estimate of drug-likeness (QED) is 0.626. The number of rotatable bonds is 5. The molecule has 1 aromatic carbocycles. The summed E-state index contributed by atoms with van der Waals surface area (Å²) in [6, 6.07) is 6.65. The minimum Gasteiger partial charge on any atom is -0.384 e. The molecule has 0 aromatic heterocycles. The Morgan fingerprint density at radius 3 is 2.67 bits per heavy atom. The van der Waals surface area contributed by atoms with E-state index in [9.17, 15) is 8.42 Å². The molecule has 5 nitrogen and oxygen atoms in total. The third-order valence-electron chi connectivity index (χ3n) is 3.68. The first kappa shape index (κ1) is 16.3. The number of hydrogen-bond acceptors (Lipinski definition) is 5. The molecule has 116 valence electrons. The molecule has 0 bridgehead atoms. The predicted molar refractivity (Wildman–Crippen MR) is 87.9 cm³/mol. The first-order valence-corrected chi connectivity index (χ1v) is 9.70. The monoisotopic (exact) mass is 327 g/mol. The fourth-order valence-electron chi connectivity index (χ4n) is 2.29. The average Bonchev–Trinajstić information content (AvgIpc) is 2.46. The molecule has 7 heteroatoms. The molecule has 2 rings (SSSR count). The van der Waals surface area contributed by atoms with Crippen LogP contribution in [0.15, 0.2) is 29.2 Å². The van der Waals surface area contributed by atoms with Gasteiger partial charge in [-0.05, 0) is 19.1 Å². The van der Waals surface area contributed by atoms with Crippen LogP contribution in [0.25, 0.3) is 0 Å². The second-order valence-electron chi connectivity index (χ2n) is 5.22. The molecule has 1 heterocycles. The van der Waals surface area contributed by atoms with E-state index in [2.05, 4.69) is 11.8 Å². The maximum absolute atomic E-state index is 12.3. The van der Waals surface area contributed by atoms with Crippen LogP contribution in [-0.2, 0) is 9.84 Å². The van der Waals surface area contributed by atoms with Crippen molar-refractivity contribution in [3.63, 3.8) is 0 Å². The first-order valence-electron chi connectivity index (χ1n) is 6.89. The highest BCUT2D eigenvalue weighted by Crippen LogP contribution is 2.17. The zero-order valence-corrected chi connectivity index (χ0v) is 13.7. The predicted octanol–water partition coefficient (Wildman–Crippen LogP) is 1.18. The van der Waals surface area contributed by atoms with Gasteiger partial charge in [0.25, 0.3) is 0 Å². The number of hydrogen-bond donors (Lipinski definition) is 2. The van der Waals surface area contributed by atoms with Gasteiger partial charge in [0, 0.05) is 36.2 Å². The Hall–Kier alpha value is -1.05. The summed E-state index contributed by atoms with van der Waals surface area (Å²) in [5.74, 6) is 2.20. The minimum atomic E-state index is -3.29. The molecule has 0 aliphatic carbocycles. The highest BCUT2D eigenvalue weighted by Gasteiger charge is 2.22. The summed E-state index contributed by atoms with van der Waals surface area (Å²) in [6.45, 7) is 3.66. The van der Waals surface area contributed by atoms with Crippen LogP contribution in [0.4, 0.5) is 0 Å². The van der Waals surface area contributed by atoms with Crippen LogP contribution in [0.1, 0.15) is 12.5 Å². The lowest BCUT2D eigenvalue weighted by atomic mass is 10.2. The smallest absolute Gasteiger partial charge is 0.179 e. The Kier molecular flexibility index (Phi) is 5.29. The minimum absolute atomic E-state index is 0.0569. The zero-order valence-electron chi connectivity index (χ0n) is 12.1. The fraction of sp³-hybridized carbons (Fsp3) is 0.500. The van der Waals surface area contributed by atoms with Crippen LogP contribution in [0.5, 0.6) is 0 Å². The third-order valence-corrected chi connectivity index (χ3v) is 6.58. The third kappa shape index (κ3) is 4.21. The Bertz CT molecular complexity index is 599. The molecular formula is C14H21N3O2S2. The van der Waals surface area contributed by atoms with Gasteiger partial charge in [-0.3, -0.25) is 10.3 Å². The van der Waals surface area contributed by atoms with Gasteiger partial charge in [-0.15, -0.1) is 0 Å². The second kappa shape index (κ2) is 6.81. The molecule has 0 saturated carbocycles. The molecule has 1 aliphatic rings. The van der Waals surface area contributed by atoms with E-state index in [0.717, 1.165) is 18.1 Å². The molecule has 1 unspecified atom stereocenters. The first-order chi connectivity index (χ1) is 9.90. The van der Waals surface area contributed by atoms with Crippen molar-refractivity contribution in [3.05, 3.63) is 29.8 Å². The second-order valence-corrected chi connectivity index (χ2v) is 8.48. The number of sulfone groups is 1. The van der Waals surface area contributed by atoms with Gasteiger partial charge in [0.2, 0.25) is 0 Å². The molecule has 1 atom stereocenters. The van der Waals surface area contributed by atoms with Crippen LogP contribution in [0.2, 0.25) is 0 Å². The summed E-state index contributed by atoms with van der Waals surface area (Å²) in [5.41, 5.74) is 5.91. The van der Waals surface area contributed by atoms with Gasteiger partial charge in [-0.2, -0.15) is 11.8 Å². The van der Waals surface area contributed by atoms with Crippen LogP contribution < -0.4 is 5.73 Å². The number of amidine groups is 1. The van der Waals surface area contributed by atoms with Gasteiger partial charge < -0.3 is 5.73 Å². The van der Waals surface area contributed by atoms with E-state index in [4.69, 9.17) is 11.1 Å². The fourth-order valence-corrected chi connectivity index (χ4v) is 4.63. The van der Waals surface area contributed by atoms with Crippen molar-refractivity contribution in [1.29, 1.82) is 5.41 Å². The van der Waals surface area contributed by atoms with E-state index >= 15 is 0 Å². The molecule has 1 fully saturated rings. The maximum Gasteiger partial charge on any atom is 0.179 e. The van der Waals surface area contributed by atoms with Crippen molar-refractivity contribution >= 4 is 27.4 Å². The molecule has 1 aliphatic heterocycles. The van der Waals surface area contributed by atoms with E-state index in [0.29, 0.717) is 23.0 Å². The SMILES string of the molecule is CC1CSCCN1CCS(=O)(=O)c1ccc(C(=N)N)cc1. The standard InChI is InChI=1S/C14H21N3O2S2/c1-11-10-20-8-6-17(11)7-9-21(18,19)13-4-2-12(3-5-13)14(15)16/h2-5,11H,6-10H2,1H3,(H3,15,16). The van der Waals surface area contributed by atoms with Gasteiger partial charge in [0.15, 0.2) is 9.84 Å². The Morgan fingerprint density at radius 2 is 2.10 bits per heavy atom. The molecule has 0 radical (unpaired) electrons. The molecule has 1 aromatic rings. The zero-order chi connectivity index (χ0) is 15.5. The van der Waals surface area contributed by atoms with Crippen molar-refractivity contribution in [2.75, 3.05) is 30.3 Å². The largest absolute Gasteiger partial charge is 0.384 e. The van der Waals surface area contributed by atoms with E-state index in [1.165, 1.54) is 12.1 Å². The van der Waals surface area contributed by atoms with Crippen molar-refractivity contribution in [2.45, 2.75) is 17.9 Å². The molecular weight excluding hydrogens is 306 g/mol. The lowest BCUT2D eigenvalue weighted by Gasteiger charge is -2.32. The van der Waals surface area contributed by atoms with Crippen molar-refractivity contribution < 1.29 is 8.42 Å². The molecule has 0 amide bonds. The normalized spacial score (nSPS) is 20.3. The highest BCUT2D eigenvalue weighted by molar-refractivity contribution is 7.99. The topological polar surface area (TPSA) is 87.2 Å². The van der Waals surface area contributed by atoms with E-state index < -0.39 is 9.84 Å². The summed E-state index contributed by atoms with van der Waals surface area (Å²) in [7, 11) is -3.29. The summed E-state index contributed by atoms with van der Waals surface area (Å²) in [4.78, 5) is 2.53. The van der Waals surface area contributed by atoms with Gasteiger partial charge >= 0.3 is 0 Å². The van der Waals surface area contributed by atoms with Gasteiger partial charge in [-0.25, -0.2) is 8.42 Å². The van der Waals surface area contributed by atoms with E-state index in [1.807, 2.05) is 11.8 Å². The van der Waals surface area contributed by atoms with Gasteiger partial charge in [-0.1, -0.05) is 12.1 Å². The Morgan fingerprint density at radius 1 is 1.43 bits per heavy atom. The molecule has 0 spiro atoms. The van der Waals surface area contributed by atoms with Crippen molar-refractivity contribution in [3.8, 4) is 0 Å². The number of thioether (sulfide) groups is 1. The number of benzene rings is 1. The van der Waals surface area contributed by atoms with Crippen LogP contribution in [0, 0.1) is 5.41 Å². The summed E-state index contributed by atoms with van der Waals surface area (Å²) in [6.07, 6.45) is 0. The van der Waals surface area contributed by atoms with Gasteiger partial charge in [0.05, 0.1) is 10.6 Å². The van der Waals surface area contributed by atoms with Crippen molar-refractivity contribution in [1.82, 2.24) is 4.90 Å². The van der Waals surface area contributed by atoms with Crippen LogP contribution >= 0.6 is 11.8 Å². The maximum atomic E-state index is 12.3. The molecule has 3 N–H and O–H groups in total. The summed E-state index contributed by atoms with van der Waals surface area (Å²) >= 11 is 1.92. The number of nitrogens with one attached hydrogen (secondary N) is 1. The van der Waals surface area contributed by atoms with E-state index in [-0.39, 0.29) is 11.6 Å². The van der Waals surface area contributed by atoms with Gasteiger partial charge in [0.1, 0.15) is 5.84 Å². The highest BCUT2D eigenvalue weighted by atomic mass is 32.2.